The molecule has 2 nitrogen and oxygen atoms in total. The summed E-state index contributed by atoms with van der Waals surface area (Å²) in [6.45, 7) is 5.43. The van der Waals surface area contributed by atoms with Crippen molar-refractivity contribution in [2.45, 2.75) is 32.2 Å². The number of ether oxygens (including phenoxy) is 1. The third-order valence-electron chi connectivity index (χ3n) is 2.20. The van der Waals surface area contributed by atoms with Crippen molar-refractivity contribution in [1.82, 2.24) is 0 Å². The van der Waals surface area contributed by atoms with Crippen molar-refractivity contribution < 1.29 is 4.74 Å². The second-order valence-electron chi connectivity index (χ2n) is 3.92. The van der Waals surface area contributed by atoms with E-state index in [4.69, 9.17) is 10.5 Å². The van der Waals surface area contributed by atoms with Gasteiger partial charge in [0.2, 0.25) is 0 Å². The fourth-order valence-electron chi connectivity index (χ4n) is 1.27. The van der Waals surface area contributed by atoms with Crippen LogP contribution in [-0.4, -0.2) is 18.8 Å². The molecule has 0 saturated heterocycles. The van der Waals surface area contributed by atoms with Gasteiger partial charge in [-0.1, -0.05) is 0 Å². The molecule has 0 saturated carbocycles. The molecule has 1 heterocycles. The number of nitrogens with two attached hydrogens (primary N) is 1. The second kappa shape index (κ2) is 5.49. The molecule has 1 rings (SSSR count). The van der Waals surface area contributed by atoms with E-state index in [1.807, 2.05) is 6.92 Å². The zero-order valence-corrected chi connectivity index (χ0v) is 9.77. The largest absolute Gasteiger partial charge is 0.380 e. The molecule has 0 bridgehead atoms. The SMILES string of the molecule is CCOCC(C)(N)CCc1ccsc1. The van der Waals surface area contributed by atoms with E-state index in [1.54, 1.807) is 11.3 Å². The number of hydrogen-bond donors (Lipinski definition) is 1. The van der Waals surface area contributed by atoms with Crippen molar-refractivity contribution in [3.8, 4) is 0 Å². The number of aryl methyl sites for hydroxylation is 1. The van der Waals surface area contributed by atoms with E-state index in [0.717, 1.165) is 19.4 Å². The van der Waals surface area contributed by atoms with Gasteiger partial charge < -0.3 is 10.5 Å². The van der Waals surface area contributed by atoms with Crippen LogP contribution in [0.2, 0.25) is 0 Å². The minimum Gasteiger partial charge on any atom is -0.380 e. The monoisotopic (exact) mass is 213 g/mol. The molecule has 0 radical (unpaired) electrons. The molecule has 0 aliphatic carbocycles. The van der Waals surface area contributed by atoms with Gasteiger partial charge in [-0.2, -0.15) is 11.3 Å². The van der Waals surface area contributed by atoms with Gasteiger partial charge in [-0.3, -0.25) is 0 Å². The molecular weight excluding hydrogens is 194 g/mol. The molecule has 1 unspecified atom stereocenters. The average molecular weight is 213 g/mol. The summed E-state index contributed by atoms with van der Waals surface area (Å²) in [5.74, 6) is 0. The summed E-state index contributed by atoms with van der Waals surface area (Å²) in [6, 6.07) is 2.15. The fraction of sp³-hybridized carbons (Fsp3) is 0.636. The Morgan fingerprint density at radius 1 is 1.57 bits per heavy atom. The smallest absolute Gasteiger partial charge is 0.0643 e. The quantitative estimate of drug-likeness (QED) is 0.787. The van der Waals surface area contributed by atoms with Crippen molar-refractivity contribution in [2.75, 3.05) is 13.2 Å². The summed E-state index contributed by atoms with van der Waals surface area (Å²) in [4.78, 5) is 0. The van der Waals surface area contributed by atoms with Crippen LogP contribution in [0.5, 0.6) is 0 Å². The number of hydrogen-bond acceptors (Lipinski definition) is 3. The first kappa shape index (κ1) is 11.7. The summed E-state index contributed by atoms with van der Waals surface area (Å²) >= 11 is 1.74. The van der Waals surface area contributed by atoms with Gasteiger partial charge in [0.1, 0.15) is 0 Å². The highest BCUT2D eigenvalue weighted by Gasteiger charge is 2.18. The third-order valence-corrected chi connectivity index (χ3v) is 2.93. The van der Waals surface area contributed by atoms with Crippen molar-refractivity contribution >= 4 is 11.3 Å². The van der Waals surface area contributed by atoms with Crippen LogP contribution >= 0.6 is 11.3 Å². The summed E-state index contributed by atoms with van der Waals surface area (Å²) < 4.78 is 5.35. The Kier molecular flexibility index (Phi) is 4.58. The summed E-state index contributed by atoms with van der Waals surface area (Å²) in [6.07, 6.45) is 2.02. The normalized spacial score (nSPS) is 15.4. The zero-order chi connectivity index (χ0) is 10.4. The van der Waals surface area contributed by atoms with Crippen LogP contribution in [0.25, 0.3) is 0 Å². The molecule has 14 heavy (non-hydrogen) atoms. The number of thiophene rings is 1. The molecule has 80 valence electrons. The molecule has 2 N–H and O–H groups in total. The molecule has 0 amide bonds. The minimum atomic E-state index is -0.196. The van der Waals surface area contributed by atoms with E-state index in [1.165, 1.54) is 5.56 Å². The Morgan fingerprint density at radius 2 is 2.36 bits per heavy atom. The lowest BCUT2D eigenvalue weighted by molar-refractivity contribution is 0.0978. The van der Waals surface area contributed by atoms with E-state index in [9.17, 15) is 0 Å². The van der Waals surface area contributed by atoms with Crippen molar-refractivity contribution in [2.24, 2.45) is 5.73 Å². The molecule has 1 aromatic rings. The lowest BCUT2D eigenvalue weighted by Crippen LogP contribution is -2.41. The summed E-state index contributed by atoms with van der Waals surface area (Å²) in [7, 11) is 0. The Balaban J connectivity index is 2.28. The maximum absolute atomic E-state index is 6.10. The van der Waals surface area contributed by atoms with Crippen molar-refractivity contribution in [3.63, 3.8) is 0 Å². The van der Waals surface area contributed by atoms with E-state index >= 15 is 0 Å². The molecular formula is C11H19NOS. The molecule has 3 heteroatoms. The van der Waals surface area contributed by atoms with Crippen LogP contribution < -0.4 is 5.73 Å². The van der Waals surface area contributed by atoms with Gasteiger partial charge in [-0.25, -0.2) is 0 Å². The van der Waals surface area contributed by atoms with Gasteiger partial charge in [-0.05, 0) is 49.1 Å². The minimum absolute atomic E-state index is 0.196. The molecule has 0 aliphatic heterocycles. The molecule has 1 aromatic heterocycles. The topological polar surface area (TPSA) is 35.2 Å². The summed E-state index contributed by atoms with van der Waals surface area (Å²) in [5, 5.41) is 4.28. The molecule has 1 atom stereocenters. The highest BCUT2D eigenvalue weighted by molar-refractivity contribution is 7.07. The van der Waals surface area contributed by atoms with Gasteiger partial charge in [0.05, 0.1) is 6.61 Å². The standard InChI is InChI=1S/C11H19NOS/c1-3-13-9-11(2,12)6-4-10-5-7-14-8-10/h5,7-8H,3-4,6,9,12H2,1-2H3. The molecule has 0 aromatic carbocycles. The van der Waals surface area contributed by atoms with Gasteiger partial charge >= 0.3 is 0 Å². The maximum atomic E-state index is 6.10. The van der Waals surface area contributed by atoms with Crippen LogP contribution in [0, 0.1) is 0 Å². The van der Waals surface area contributed by atoms with E-state index < -0.39 is 0 Å². The first-order valence-corrected chi connectivity index (χ1v) is 5.96. The van der Waals surface area contributed by atoms with E-state index in [-0.39, 0.29) is 5.54 Å². The average Bonchev–Trinajstić information content (AvgIpc) is 2.64. The lowest BCUT2D eigenvalue weighted by Gasteiger charge is -2.23. The molecule has 0 aliphatic rings. The van der Waals surface area contributed by atoms with Crippen molar-refractivity contribution in [1.29, 1.82) is 0 Å². The Labute approximate surface area is 90.1 Å². The third kappa shape index (κ3) is 4.22. The lowest BCUT2D eigenvalue weighted by atomic mass is 9.96. The fourth-order valence-corrected chi connectivity index (χ4v) is 1.98. The first-order chi connectivity index (χ1) is 6.64. The molecule has 0 fully saturated rings. The second-order valence-corrected chi connectivity index (χ2v) is 4.70. The van der Waals surface area contributed by atoms with Gasteiger partial charge in [0, 0.05) is 12.1 Å². The van der Waals surface area contributed by atoms with Crippen LogP contribution in [0.3, 0.4) is 0 Å². The van der Waals surface area contributed by atoms with Gasteiger partial charge in [0.15, 0.2) is 0 Å². The summed E-state index contributed by atoms with van der Waals surface area (Å²) in [5.41, 5.74) is 7.28. The Bertz CT molecular complexity index is 244. The zero-order valence-electron chi connectivity index (χ0n) is 8.95. The van der Waals surface area contributed by atoms with Crippen LogP contribution in [0.1, 0.15) is 25.8 Å². The van der Waals surface area contributed by atoms with Gasteiger partial charge in [0.25, 0.3) is 0 Å². The highest BCUT2D eigenvalue weighted by atomic mass is 32.1. The van der Waals surface area contributed by atoms with E-state index in [2.05, 4.69) is 23.8 Å². The Hall–Kier alpha value is -0.380. The molecule has 0 spiro atoms. The Morgan fingerprint density at radius 3 is 2.93 bits per heavy atom. The van der Waals surface area contributed by atoms with E-state index in [0.29, 0.717) is 6.61 Å². The first-order valence-electron chi connectivity index (χ1n) is 5.02. The van der Waals surface area contributed by atoms with Crippen LogP contribution in [0.15, 0.2) is 16.8 Å². The highest BCUT2D eigenvalue weighted by Crippen LogP contribution is 2.14. The number of rotatable bonds is 6. The van der Waals surface area contributed by atoms with Crippen LogP contribution in [-0.2, 0) is 11.2 Å². The van der Waals surface area contributed by atoms with Crippen LogP contribution in [0.4, 0.5) is 0 Å². The van der Waals surface area contributed by atoms with Crippen molar-refractivity contribution in [3.05, 3.63) is 22.4 Å². The maximum Gasteiger partial charge on any atom is 0.0643 e. The predicted molar refractivity (Wildman–Crippen MR) is 61.7 cm³/mol. The predicted octanol–water partition coefficient (Wildman–Crippen LogP) is 2.43. The van der Waals surface area contributed by atoms with Gasteiger partial charge in [-0.15, -0.1) is 0 Å².